The lowest BCUT2D eigenvalue weighted by Crippen LogP contribution is -2.60. The van der Waals surface area contributed by atoms with Gasteiger partial charge in [0.15, 0.2) is 6.29 Å². The van der Waals surface area contributed by atoms with E-state index < -0.39 is 49.5 Å². The Hall–Kier alpha value is -1.85. The normalized spacial score (nSPS) is 18.5. The minimum atomic E-state index is -1.57. The molecule has 1 aliphatic rings. The molecule has 0 spiro atoms. The molecule has 1 amide bonds. The van der Waals surface area contributed by atoms with Gasteiger partial charge in [-0.3, -0.25) is 4.79 Å². The quantitative estimate of drug-likeness (QED) is 0.0261. The zero-order valence-corrected chi connectivity index (χ0v) is 54.0. The smallest absolute Gasteiger partial charge is 0.220 e. The number of aliphatic hydroxyl groups is 5. The van der Waals surface area contributed by atoms with E-state index in [1.807, 2.05) is 6.08 Å². The molecule has 1 saturated heterocycles. The first kappa shape index (κ1) is 78.2. The topological polar surface area (TPSA) is 149 Å². The van der Waals surface area contributed by atoms with Gasteiger partial charge >= 0.3 is 0 Å². The molecule has 7 atom stereocenters. The Kier molecular flexibility index (Phi) is 59.3. The maximum atomic E-state index is 13.1. The number of nitrogens with one attached hydrogen (secondary N) is 1. The summed E-state index contributed by atoms with van der Waals surface area (Å²) in [6, 6.07) is -0.805. The monoisotopic (exact) mass is 1160 g/mol. The van der Waals surface area contributed by atoms with Crippen molar-refractivity contribution >= 4 is 5.91 Å². The van der Waals surface area contributed by atoms with Gasteiger partial charge in [-0.05, 0) is 57.8 Å². The molecule has 82 heavy (non-hydrogen) atoms. The predicted octanol–water partition coefficient (Wildman–Crippen LogP) is 19.6. The van der Waals surface area contributed by atoms with Crippen LogP contribution >= 0.6 is 0 Å². The van der Waals surface area contributed by atoms with E-state index in [0.717, 1.165) is 51.4 Å². The summed E-state index contributed by atoms with van der Waals surface area (Å²) in [7, 11) is 0. The van der Waals surface area contributed by atoms with Crippen molar-refractivity contribution in [1.82, 2.24) is 5.32 Å². The fourth-order valence-corrected chi connectivity index (χ4v) is 11.5. The van der Waals surface area contributed by atoms with Crippen LogP contribution in [0.1, 0.15) is 354 Å². The maximum Gasteiger partial charge on any atom is 0.220 e. The third kappa shape index (κ3) is 50.3. The van der Waals surface area contributed by atoms with Gasteiger partial charge in [0.05, 0.1) is 25.4 Å². The van der Waals surface area contributed by atoms with E-state index >= 15 is 0 Å². The first-order chi connectivity index (χ1) is 40.3. The van der Waals surface area contributed by atoms with E-state index in [2.05, 4.69) is 55.6 Å². The summed E-state index contributed by atoms with van der Waals surface area (Å²) in [4.78, 5) is 13.1. The van der Waals surface area contributed by atoms with Crippen molar-refractivity contribution in [2.24, 2.45) is 0 Å². The van der Waals surface area contributed by atoms with Crippen LogP contribution in [-0.2, 0) is 14.3 Å². The van der Waals surface area contributed by atoms with E-state index in [1.165, 1.54) is 283 Å². The molecule has 0 aliphatic carbocycles. The molecule has 0 saturated carbocycles. The second-order valence-corrected chi connectivity index (χ2v) is 25.0. The molecule has 1 fully saturated rings. The fourth-order valence-electron chi connectivity index (χ4n) is 11.5. The van der Waals surface area contributed by atoms with Gasteiger partial charge < -0.3 is 40.3 Å². The van der Waals surface area contributed by atoms with Crippen LogP contribution in [0.25, 0.3) is 0 Å². The molecule has 6 N–H and O–H groups in total. The third-order valence-corrected chi connectivity index (χ3v) is 17.1. The number of carbonyl (C=O) groups is 1. The fraction of sp³-hybridized carbons (Fsp3) is 0.877. The molecule has 9 heteroatoms. The SMILES string of the molecule is CCCCCCC/C=C\C/C=C\C/C=C\CCCCCCCCCCCCCCCCCCCCCCCCC(=O)NC(COC1OC(CO)C(O)C(O)C1O)C(O)/C=C/CCCCCCCCCCCCCCCCCCCCCC. The molecule has 1 aliphatic heterocycles. The van der Waals surface area contributed by atoms with Gasteiger partial charge in [-0.15, -0.1) is 0 Å². The Morgan fingerprint density at radius 2 is 0.720 bits per heavy atom. The number of carbonyl (C=O) groups excluding carboxylic acids is 1. The molecule has 0 radical (unpaired) electrons. The predicted molar refractivity (Wildman–Crippen MR) is 350 cm³/mol. The van der Waals surface area contributed by atoms with Gasteiger partial charge in [0.25, 0.3) is 0 Å². The molecule has 482 valence electrons. The van der Waals surface area contributed by atoms with Crippen molar-refractivity contribution in [2.45, 2.75) is 397 Å². The maximum absolute atomic E-state index is 13.1. The van der Waals surface area contributed by atoms with E-state index in [-0.39, 0.29) is 12.5 Å². The Morgan fingerprint density at radius 1 is 0.415 bits per heavy atom. The Morgan fingerprint density at radius 3 is 1.06 bits per heavy atom. The van der Waals surface area contributed by atoms with Crippen LogP contribution in [0.2, 0.25) is 0 Å². The molecule has 0 aromatic carbocycles. The highest BCUT2D eigenvalue weighted by molar-refractivity contribution is 5.76. The van der Waals surface area contributed by atoms with Gasteiger partial charge in [-0.25, -0.2) is 0 Å². The number of ether oxygens (including phenoxy) is 2. The highest BCUT2D eigenvalue weighted by Crippen LogP contribution is 2.23. The molecular weight excluding hydrogens is 1020 g/mol. The molecule has 0 aromatic heterocycles. The van der Waals surface area contributed by atoms with Crippen molar-refractivity contribution < 1.29 is 39.8 Å². The summed E-state index contributed by atoms with van der Waals surface area (Å²) in [6.45, 7) is 3.81. The summed E-state index contributed by atoms with van der Waals surface area (Å²) < 4.78 is 11.3. The average Bonchev–Trinajstić information content (AvgIpc) is 3.59. The molecule has 1 heterocycles. The van der Waals surface area contributed by atoms with Gasteiger partial charge in [-0.2, -0.15) is 0 Å². The van der Waals surface area contributed by atoms with Crippen molar-refractivity contribution in [1.29, 1.82) is 0 Å². The lowest BCUT2D eigenvalue weighted by atomic mass is 9.99. The van der Waals surface area contributed by atoms with Crippen LogP contribution in [0, 0.1) is 0 Å². The van der Waals surface area contributed by atoms with Crippen LogP contribution in [0.5, 0.6) is 0 Å². The van der Waals surface area contributed by atoms with Crippen molar-refractivity contribution in [3.8, 4) is 0 Å². The highest BCUT2D eigenvalue weighted by atomic mass is 16.7. The summed E-state index contributed by atoms with van der Waals surface area (Å²) in [5.74, 6) is -0.170. The number of hydrogen-bond donors (Lipinski definition) is 6. The van der Waals surface area contributed by atoms with Crippen LogP contribution in [0.3, 0.4) is 0 Å². The van der Waals surface area contributed by atoms with Crippen molar-refractivity contribution in [3.05, 3.63) is 48.6 Å². The van der Waals surface area contributed by atoms with Gasteiger partial charge in [-0.1, -0.05) is 339 Å². The van der Waals surface area contributed by atoms with Crippen LogP contribution in [0.4, 0.5) is 0 Å². The average molecular weight is 1160 g/mol. The van der Waals surface area contributed by atoms with E-state index in [0.29, 0.717) is 6.42 Å². The van der Waals surface area contributed by atoms with E-state index in [9.17, 15) is 30.3 Å². The number of hydrogen-bond acceptors (Lipinski definition) is 8. The van der Waals surface area contributed by atoms with Crippen molar-refractivity contribution in [2.75, 3.05) is 13.2 Å². The van der Waals surface area contributed by atoms with Gasteiger partial charge in [0.1, 0.15) is 24.4 Å². The van der Waals surface area contributed by atoms with Gasteiger partial charge in [0, 0.05) is 6.42 Å². The summed E-state index contributed by atoms with van der Waals surface area (Å²) >= 11 is 0. The van der Waals surface area contributed by atoms with Crippen LogP contribution in [0.15, 0.2) is 48.6 Å². The number of aliphatic hydroxyl groups excluding tert-OH is 5. The summed E-state index contributed by atoms with van der Waals surface area (Å²) in [6.07, 6.45) is 77.9. The number of rotatable bonds is 63. The first-order valence-electron chi connectivity index (χ1n) is 35.9. The number of amides is 1. The Balaban J connectivity index is 2.08. The highest BCUT2D eigenvalue weighted by Gasteiger charge is 2.44. The molecule has 0 aromatic rings. The lowest BCUT2D eigenvalue weighted by molar-refractivity contribution is -0.302. The second kappa shape index (κ2) is 62.2. The van der Waals surface area contributed by atoms with Crippen molar-refractivity contribution in [3.63, 3.8) is 0 Å². The van der Waals surface area contributed by atoms with Gasteiger partial charge in [0.2, 0.25) is 5.91 Å². The van der Waals surface area contributed by atoms with E-state index in [1.54, 1.807) is 6.08 Å². The van der Waals surface area contributed by atoms with E-state index in [4.69, 9.17) is 9.47 Å². The molecule has 1 rings (SSSR count). The zero-order chi connectivity index (χ0) is 59.3. The molecular formula is C73H137NO8. The molecule has 0 bridgehead atoms. The summed E-state index contributed by atoms with van der Waals surface area (Å²) in [5.41, 5.74) is 0. The molecule has 7 unspecified atom stereocenters. The molecule has 9 nitrogen and oxygen atoms in total. The number of allylic oxidation sites excluding steroid dienone is 7. The third-order valence-electron chi connectivity index (χ3n) is 17.1. The first-order valence-corrected chi connectivity index (χ1v) is 35.9. The summed E-state index contributed by atoms with van der Waals surface area (Å²) in [5, 5.41) is 54.8. The van der Waals surface area contributed by atoms with Crippen LogP contribution < -0.4 is 5.32 Å². The van der Waals surface area contributed by atoms with Crippen LogP contribution in [-0.4, -0.2) is 87.5 Å². The number of unbranched alkanes of at least 4 members (excludes halogenated alkanes) is 47. The minimum Gasteiger partial charge on any atom is -0.394 e. The standard InChI is InChI=1S/C73H137NO8/c1-3-5-7-9-11-13-15-17-19-21-23-25-27-28-29-30-31-32-33-34-35-36-37-38-39-40-41-43-45-47-49-51-53-55-57-59-61-63-69(77)74-66(65-81-73-72(80)71(79)70(78)68(64-75)82-73)67(76)62-60-58-56-54-52-50-48-46-44-42-26-24-22-20-18-16-14-12-10-8-6-4-2/h15,17,21,23,27-28,60,62,66-68,70-73,75-76,78-80H,3-14,16,18-20,22,24-26,29-59,61,63-65H2,1-2H3,(H,74,77)/b17-15-,23-21-,28-27-,62-60+. The largest absolute Gasteiger partial charge is 0.394 e. The zero-order valence-electron chi connectivity index (χ0n) is 54.0. The Bertz CT molecular complexity index is 1430. The minimum absolute atomic E-state index is 0.170. The Labute approximate surface area is 507 Å². The lowest BCUT2D eigenvalue weighted by Gasteiger charge is -2.40. The second-order valence-electron chi connectivity index (χ2n) is 25.0.